The molecule has 3 aromatic carbocycles. The molecule has 4 amide bonds. The second kappa shape index (κ2) is 17.6. The second-order valence-electron chi connectivity index (χ2n) is 11.1. The van der Waals surface area contributed by atoms with Crippen LogP contribution in [0.2, 0.25) is 0 Å². The van der Waals surface area contributed by atoms with Crippen LogP contribution in [0.3, 0.4) is 0 Å². The zero-order valence-corrected chi connectivity index (χ0v) is 26.2. The summed E-state index contributed by atoms with van der Waals surface area (Å²) in [5, 5.41) is 21.9. The number of hydrogen-bond acceptors (Lipinski definition) is 7. The lowest BCUT2D eigenvalue weighted by atomic mass is 10.00. The summed E-state index contributed by atoms with van der Waals surface area (Å²) in [5.41, 5.74) is 12.1. The molecule has 0 aromatic heterocycles. The van der Waals surface area contributed by atoms with Crippen LogP contribution in [0, 0.1) is 16.0 Å². The van der Waals surface area contributed by atoms with Crippen LogP contribution in [0.5, 0.6) is 0 Å². The van der Waals surface area contributed by atoms with Gasteiger partial charge in [-0.2, -0.15) is 0 Å². The maximum atomic E-state index is 13.7. The van der Waals surface area contributed by atoms with E-state index >= 15 is 0 Å². The molecule has 8 N–H and O–H groups in total. The highest BCUT2D eigenvalue weighted by Crippen LogP contribution is 2.16. The van der Waals surface area contributed by atoms with Gasteiger partial charge in [-0.25, -0.2) is 0 Å². The van der Waals surface area contributed by atoms with Gasteiger partial charge in [0, 0.05) is 36.3 Å². The number of rotatable bonds is 16. The number of nitro groups is 1. The summed E-state index contributed by atoms with van der Waals surface area (Å²) in [6.07, 6.45) is 0.645. The molecule has 3 aromatic rings. The number of amides is 4. The van der Waals surface area contributed by atoms with Crippen molar-refractivity contribution in [1.29, 1.82) is 0 Å². The molecular formula is C33H40N8O6. The molecule has 14 nitrogen and oxygen atoms in total. The highest BCUT2D eigenvalue weighted by Gasteiger charge is 2.31. The van der Waals surface area contributed by atoms with Gasteiger partial charge in [-0.1, -0.05) is 62.4 Å². The van der Waals surface area contributed by atoms with Crippen LogP contribution in [0.25, 0.3) is 0 Å². The van der Waals surface area contributed by atoms with E-state index in [0.717, 1.165) is 5.56 Å². The Hall–Kier alpha value is -5.79. The van der Waals surface area contributed by atoms with E-state index in [1.165, 1.54) is 24.3 Å². The molecule has 3 rings (SSSR count). The van der Waals surface area contributed by atoms with Crippen LogP contribution >= 0.6 is 0 Å². The van der Waals surface area contributed by atoms with Gasteiger partial charge in [-0.05, 0) is 48.6 Å². The van der Waals surface area contributed by atoms with Gasteiger partial charge in [0.05, 0.1) is 4.92 Å². The highest BCUT2D eigenvalue weighted by molar-refractivity contribution is 6.00. The summed E-state index contributed by atoms with van der Waals surface area (Å²) in [7, 11) is 0. The van der Waals surface area contributed by atoms with Gasteiger partial charge in [0.1, 0.15) is 18.1 Å². The molecule has 0 fully saturated rings. The molecule has 47 heavy (non-hydrogen) atoms. The number of non-ortho nitro benzene ring substituents is 1. The number of anilines is 1. The van der Waals surface area contributed by atoms with Gasteiger partial charge in [0.2, 0.25) is 17.7 Å². The first-order chi connectivity index (χ1) is 22.4. The summed E-state index contributed by atoms with van der Waals surface area (Å²) in [5.74, 6) is -2.74. The van der Waals surface area contributed by atoms with Crippen LogP contribution in [-0.2, 0) is 20.8 Å². The van der Waals surface area contributed by atoms with E-state index in [0.29, 0.717) is 12.0 Å². The Kier molecular flexibility index (Phi) is 13.4. The molecule has 0 saturated carbocycles. The van der Waals surface area contributed by atoms with E-state index in [2.05, 4.69) is 26.3 Å². The summed E-state index contributed by atoms with van der Waals surface area (Å²) < 4.78 is 0. The Morgan fingerprint density at radius 2 is 1.40 bits per heavy atom. The van der Waals surface area contributed by atoms with Gasteiger partial charge < -0.3 is 32.7 Å². The van der Waals surface area contributed by atoms with Crippen molar-refractivity contribution >= 4 is 41.0 Å². The van der Waals surface area contributed by atoms with Crippen molar-refractivity contribution in [2.75, 3.05) is 11.9 Å². The minimum Gasteiger partial charge on any atom is -0.370 e. The number of nitrogens with two attached hydrogens (primary N) is 2. The zero-order chi connectivity index (χ0) is 34.3. The first kappa shape index (κ1) is 35.7. The molecule has 0 bridgehead atoms. The number of hydrogen-bond donors (Lipinski definition) is 6. The lowest BCUT2D eigenvalue weighted by Gasteiger charge is -2.27. The SMILES string of the molecule is CC(C)[C@H](NC(=O)[C@H](Cc1ccccc1)NC(=O)c1ccccc1)C(=O)N[C@H](CCCN=C(N)N)C(=O)Nc1ccc([N+](=O)[O-])cc1. The average molecular weight is 645 g/mol. The number of aliphatic imine (C=N–C) groups is 1. The molecule has 3 atom stereocenters. The number of carbonyl (C=O) groups excluding carboxylic acids is 4. The highest BCUT2D eigenvalue weighted by atomic mass is 16.6. The third-order valence-corrected chi connectivity index (χ3v) is 7.11. The number of nitrogens with zero attached hydrogens (tertiary/aromatic N) is 2. The average Bonchev–Trinajstić information content (AvgIpc) is 3.05. The molecule has 0 aliphatic carbocycles. The summed E-state index contributed by atoms with van der Waals surface area (Å²) >= 11 is 0. The Morgan fingerprint density at radius 3 is 1.98 bits per heavy atom. The molecule has 0 spiro atoms. The maximum absolute atomic E-state index is 13.7. The summed E-state index contributed by atoms with van der Waals surface area (Å²) in [4.78, 5) is 68.0. The molecule has 0 heterocycles. The van der Waals surface area contributed by atoms with E-state index in [4.69, 9.17) is 11.5 Å². The van der Waals surface area contributed by atoms with E-state index in [-0.39, 0.29) is 36.7 Å². The first-order valence-electron chi connectivity index (χ1n) is 15.1. The lowest BCUT2D eigenvalue weighted by molar-refractivity contribution is -0.384. The fraction of sp³-hybridized carbons (Fsp3) is 0.303. The fourth-order valence-electron chi connectivity index (χ4n) is 4.61. The van der Waals surface area contributed by atoms with Crippen molar-refractivity contribution in [1.82, 2.24) is 16.0 Å². The monoisotopic (exact) mass is 644 g/mol. The van der Waals surface area contributed by atoms with Crippen molar-refractivity contribution in [3.05, 3.63) is 106 Å². The standard InChI is InChI=1S/C33H40N8O6/c1-21(2)28(40-31(44)27(20-22-10-5-3-6-11-22)39-29(42)23-12-7-4-8-13-23)32(45)38-26(14-9-19-36-33(34)35)30(43)37-24-15-17-25(18-16-24)41(46)47/h3-8,10-13,15-18,21,26-28H,9,14,19-20H2,1-2H3,(H,37,43)(H,38,45)(H,39,42)(H,40,44)(H4,34,35,36)/t26-,27+,28+/m1/s1. The Labute approximate surface area is 272 Å². The van der Waals surface area contributed by atoms with E-state index in [1.807, 2.05) is 30.3 Å². The minimum atomic E-state index is -1.07. The third-order valence-electron chi connectivity index (χ3n) is 7.11. The van der Waals surface area contributed by atoms with Crippen molar-refractivity contribution in [3.63, 3.8) is 0 Å². The molecule has 0 aliphatic heterocycles. The molecule has 0 unspecified atom stereocenters. The maximum Gasteiger partial charge on any atom is 0.269 e. The van der Waals surface area contributed by atoms with Gasteiger partial charge in [0.15, 0.2) is 5.96 Å². The molecule has 14 heteroatoms. The largest absolute Gasteiger partial charge is 0.370 e. The predicted molar refractivity (Wildman–Crippen MR) is 178 cm³/mol. The second-order valence-corrected chi connectivity index (χ2v) is 11.1. The third kappa shape index (κ3) is 11.6. The van der Waals surface area contributed by atoms with Crippen LogP contribution in [0.4, 0.5) is 11.4 Å². The normalized spacial score (nSPS) is 12.6. The van der Waals surface area contributed by atoms with Crippen molar-refractivity contribution in [2.24, 2.45) is 22.4 Å². The molecule has 0 aliphatic rings. The van der Waals surface area contributed by atoms with Crippen LogP contribution in [0.15, 0.2) is 89.9 Å². The molecule has 248 valence electrons. The fourth-order valence-corrected chi connectivity index (χ4v) is 4.61. The van der Waals surface area contributed by atoms with Crippen molar-refractivity contribution in [2.45, 2.75) is 51.2 Å². The predicted octanol–water partition coefficient (Wildman–Crippen LogP) is 2.25. The quantitative estimate of drug-likeness (QED) is 0.0445. The number of benzene rings is 3. The minimum absolute atomic E-state index is 0.118. The smallest absolute Gasteiger partial charge is 0.269 e. The topological polar surface area (TPSA) is 224 Å². The lowest BCUT2D eigenvalue weighted by Crippen LogP contribution is -2.58. The number of guanidine groups is 1. The Balaban J connectivity index is 1.78. The number of carbonyl (C=O) groups is 4. The number of nitro benzene ring substituents is 1. The van der Waals surface area contributed by atoms with E-state index in [1.54, 1.807) is 44.2 Å². The van der Waals surface area contributed by atoms with Crippen molar-refractivity contribution in [3.8, 4) is 0 Å². The molecule has 0 saturated heterocycles. The van der Waals surface area contributed by atoms with Crippen LogP contribution in [0.1, 0.15) is 42.6 Å². The summed E-state index contributed by atoms with van der Waals surface area (Å²) in [6, 6.07) is 19.7. The van der Waals surface area contributed by atoms with Crippen LogP contribution in [-0.4, -0.2) is 59.2 Å². The van der Waals surface area contributed by atoms with Gasteiger partial charge in [0.25, 0.3) is 11.6 Å². The first-order valence-corrected chi connectivity index (χ1v) is 15.1. The summed E-state index contributed by atoms with van der Waals surface area (Å²) in [6.45, 7) is 3.68. The van der Waals surface area contributed by atoms with Gasteiger partial charge >= 0.3 is 0 Å². The zero-order valence-electron chi connectivity index (χ0n) is 26.2. The van der Waals surface area contributed by atoms with Crippen LogP contribution < -0.4 is 32.7 Å². The molecular weight excluding hydrogens is 604 g/mol. The van der Waals surface area contributed by atoms with Gasteiger partial charge in [-0.15, -0.1) is 0 Å². The molecule has 0 radical (unpaired) electrons. The number of nitrogens with one attached hydrogen (secondary N) is 4. The Morgan fingerprint density at radius 1 is 0.787 bits per heavy atom. The van der Waals surface area contributed by atoms with Gasteiger partial charge in [-0.3, -0.25) is 34.3 Å². The van der Waals surface area contributed by atoms with E-state index < -0.39 is 52.6 Å². The van der Waals surface area contributed by atoms with Crippen molar-refractivity contribution < 1.29 is 24.1 Å². The van der Waals surface area contributed by atoms with E-state index in [9.17, 15) is 29.3 Å². The Bertz CT molecular complexity index is 1540.